The molecule has 3 aromatic rings. The highest BCUT2D eigenvalue weighted by Gasteiger charge is 2.15. The van der Waals surface area contributed by atoms with E-state index in [0.29, 0.717) is 23.7 Å². The van der Waals surface area contributed by atoms with Gasteiger partial charge >= 0.3 is 6.01 Å². The van der Waals surface area contributed by atoms with Crippen LogP contribution in [0.3, 0.4) is 0 Å². The molecule has 1 amide bonds. The van der Waals surface area contributed by atoms with Crippen molar-refractivity contribution in [2.45, 2.75) is 13.5 Å². The van der Waals surface area contributed by atoms with E-state index in [1.165, 1.54) is 14.2 Å². The number of rotatable bonds is 6. The normalized spacial score (nSPS) is 10.5. The highest BCUT2D eigenvalue weighted by atomic mass is 16.5. The van der Waals surface area contributed by atoms with Gasteiger partial charge in [-0.1, -0.05) is 12.1 Å². The Morgan fingerprint density at radius 3 is 2.63 bits per heavy atom. The van der Waals surface area contributed by atoms with Gasteiger partial charge in [0.25, 0.3) is 5.91 Å². The number of nitrogens with zero attached hydrogens (tertiary/aromatic N) is 4. The van der Waals surface area contributed by atoms with E-state index >= 15 is 0 Å². The monoisotopic (exact) mass is 367 g/mol. The van der Waals surface area contributed by atoms with Crippen molar-refractivity contribution in [3.05, 3.63) is 53.3 Å². The molecule has 3 rings (SSSR count). The van der Waals surface area contributed by atoms with Crippen LogP contribution in [0.4, 0.5) is 0 Å². The van der Waals surface area contributed by atoms with Gasteiger partial charge in [-0.2, -0.15) is 15.1 Å². The van der Waals surface area contributed by atoms with E-state index < -0.39 is 0 Å². The Hall–Kier alpha value is -3.42. The van der Waals surface area contributed by atoms with Crippen LogP contribution in [0.1, 0.15) is 21.7 Å². The zero-order valence-corrected chi connectivity index (χ0v) is 15.7. The topological polar surface area (TPSA) is 93.2 Å². The second-order valence-electron chi connectivity index (χ2n) is 6.07. The molecule has 0 unspecified atom stereocenters. The molecular formula is C19H21N5O3. The number of aromatic amines is 1. The number of benzene rings is 1. The van der Waals surface area contributed by atoms with E-state index in [1.54, 1.807) is 30.1 Å². The van der Waals surface area contributed by atoms with Crippen LogP contribution >= 0.6 is 0 Å². The predicted octanol–water partition coefficient (Wildman–Crippen LogP) is 2.46. The molecule has 0 spiro atoms. The number of H-pyrrole nitrogens is 1. The molecule has 1 aromatic carbocycles. The first-order chi connectivity index (χ1) is 13.0. The highest BCUT2D eigenvalue weighted by molar-refractivity contribution is 5.95. The summed E-state index contributed by atoms with van der Waals surface area (Å²) < 4.78 is 10.3. The second-order valence-corrected chi connectivity index (χ2v) is 6.07. The number of aryl methyl sites for hydroxylation is 1. The predicted molar refractivity (Wildman–Crippen MR) is 99.7 cm³/mol. The summed E-state index contributed by atoms with van der Waals surface area (Å²) in [4.78, 5) is 22.8. The molecule has 140 valence electrons. The fourth-order valence-electron chi connectivity index (χ4n) is 2.65. The molecule has 2 heterocycles. The van der Waals surface area contributed by atoms with Crippen LogP contribution < -0.4 is 9.47 Å². The van der Waals surface area contributed by atoms with Gasteiger partial charge in [0.05, 0.1) is 32.2 Å². The average Bonchev–Trinajstić information content (AvgIpc) is 3.11. The molecular weight excluding hydrogens is 346 g/mol. The van der Waals surface area contributed by atoms with Crippen molar-refractivity contribution in [2.24, 2.45) is 0 Å². The summed E-state index contributed by atoms with van der Waals surface area (Å²) >= 11 is 0. The molecule has 0 saturated heterocycles. The Labute approximate surface area is 157 Å². The molecule has 0 aliphatic rings. The van der Waals surface area contributed by atoms with Crippen molar-refractivity contribution in [1.82, 2.24) is 25.1 Å². The fourth-order valence-corrected chi connectivity index (χ4v) is 2.65. The van der Waals surface area contributed by atoms with Gasteiger partial charge in [-0.05, 0) is 25.1 Å². The molecule has 0 atom stereocenters. The van der Waals surface area contributed by atoms with Gasteiger partial charge < -0.3 is 14.4 Å². The third-order valence-electron chi connectivity index (χ3n) is 3.98. The largest absolute Gasteiger partial charge is 0.481 e. The summed E-state index contributed by atoms with van der Waals surface area (Å²) in [7, 11) is 4.76. The van der Waals surface area contributed by atoms with Gasteiger partial charge in [0.1, 0.15) is 0 Å². The number of hydrogen-bond donors (Lipinski definition) is 1. The summed E-state index contributed by atoms with van der Waals surface area (Å²) in [5, 5.41) is 7.05. The summed E-state index contributed by atoms with van der Waals surface area (Å²) in [6, 6.07) is 11.1. The third-order valence-corrected chi connectivity index (χ3v) is 3.98. The average molecular weight is 367 g/mol. The minimum Gasteiger partial charge on any atom is -0.481 e. The van der Waals surface area contributed by atoms with Crippen molar-refractivity contribution < 1.29 is 14.3 Å². The number of ether oxygens (including phenoxy) is 2. The molecule has 1 N–H and O–H groups in total. The van der Waals surface area contributed by atoms with E-state index in [1.807, 2.05) is 25.1 Å². The van der Waals surface area contributed by atoms with Crippen LogP contribution in [0, 0.1) is 6.92 Å². The molecule has 8 nitrogen and oxygen atoms in total. The third kappa shape index (κ3) is 4.22. The molecule has 2 aromatic heterocycles. The lowest BCUT2D eigenvalue weighted by atomic mass is 10.1. The summed E-state index contributed by atoms with van der Waals surface area (Å²) in [5.41, 5.74) is 3.70. The van der Waals surface area contributed by atoms with Crippen LogP contribution in [0.25, 0.3) is 11.3 Å². The van der Waals surface area contributed by atoms with E-state index in [2.05, 4.69) is 20.2 Å². The van der Waals surface area contributed by atoms with E-state index in [-0.39, 0.29) is 11.9 Å². The standard InChI is InChI=1S/C19H21N5O3/c1-12-8-15(23-22-12)11-24(2)18(25)14-7-5-6-13(9-14)16-10-17(26-3)21-19(20-16)27-4/h5-10H,11H2,1-4H3,(H,22,23). The molecule has 0 aliphatic carbocycles. The Balaban J connectivity index is 1.85. The molecule has 0 aliphatic heterocycles. The van der Waals surface area contributed by atoms with Gasteiger partial charge in [0.2, 0.25) is 5.88 Å². The van der Waals surface area contributed by atoms with Gasteiger partial charge in [-0.25, -0.2) is 0 Å². The van der Waals surface area contributed by atoms with Gasteiger partial charge in [0.15, 0.2) is 0 Å². The van der Waals surface area contributed by atoms with E-state index in [9.17, 15) is 4.79 Å². The van der Waals surface area contributed by atoms with Crippen molar-refractivity contribution in [1.29, 1.82) is 0 Å². The Morgan fingerprint density at radius 1 is 1.15 bits per heavy atom. The first kappa shape index (κ1) is 18.4. The first-order valence-electron chi connectivity index (χ1n) is 8.34. The van der Waals surface area contributed by atoms with E-state index in [4.69, 9.17) is 9.47 Å². The van der Waals surface area contributed by atoms with Gasteiger partial charge in [0, 0.05) is 29.9 Å². The lowest BCUT2D eigenvalue weighted by Crippen LogP contribution is -2.26. The second kappa shape index (κ2) is 7.86. The summed E-state index contributed by atoms with van der Waals surface area (Å²) in [6.45, 7) is 2.34. The smallest absolute Gasteiger partial charge is 0.320 e. The molecule has 0 saturated carbocycles. The van der Waals surface area contributed by atoms with Crippen LogP contribution in [0.2, 0.25) is 0 Å². The minimum atomic E-state index is -0.106. The van der Waals surface area contributed by atoms with Gasteiger partial charge in [-0.3, -0.25) is 9.89 Å². The Bertz CT molecular complexity index is 932. The highest BCUT2D eigenvalue weighted by Crippen LogP contribution is 2.24. The van der Waals surface area contributed by atoms with Crippen LogP contribution in [-0.4, -0.2) is 52.2 Å². The maximum absolute atomic E-state index is 12.8. The molecule has 0 bridgehead atoms. The van der Waals surface area contributed by atoms with Crippen molar-refractivity contribution >= 4 is 5.91 Å². The van der Waals surface area contributed by atoms with Crippen LogP contribution in [0.5, 0.6) is 11.9 Å². The zero-order chi connectivity index (χ0) is 19.4. The zero-order valence-electron chi connectivity index (χ0n) is 15.7. The number of hydrogen-bond acceptors (Lipinski definition) is 6. The maximum Gasteiger partial charge on any atom is 0.320 e. The van der Waals surface area contributed by atoms with Gasteiger partial charge in [-0.15, -0.1) is 0 Å². The van der Waals surface area contributed by atoms with E-state index in [0.717, 1.165) is 17.0 Å². The quantitative estimate of drug-likeness (QED) is 0.719. The number of methoxy groups -OCH3 is 2. The lowest BCUT2D eigenvalue weighted by Gasteiger charge is -2.16. The summed E-state index contributed by atoms with van der Waals surface area (Å²) in [5.74, 6) is 0.282. The minimum absolute atomic E-state index is 0.106. The fraction of sp³-hybridized carbons (Fsp3) is 0.263. The maximum atomic E-state index is 12.8. The Morgan fingerprint density at radius 2 is 1.96 bits per heavy atom. The van der Waals surface area contributed by atoms with Crippen molar-refractivity contribution in [3.8, 4) is 23.1 Å². The Kier molecular flexibility index (Phi) is 5.35. The molecule has 8 heteroatoms. The number of carbonyl (C=O) groups is 1. The van der Waals surface area contributed by atoms with Crippen LogP contribution in [0.15, 0.2) is 36.4 Å². The SMILES string of the molecule is COc1cc(-c2cccc(C(=O)N(C)Cc3cc(C)[nH]n3)c2)nc(OC)n1. The molecule has 27 heavy (non-hydrogen) atoms. The van der Waals surface area contributed by atoms with Crippen molar-refractivity contribution in [2.75, 3.05) is 21.3 Å². The van der Waals surface area contributed by atoms with Crippen molar-refractivity contribution in [3.63, 3.8) is 0 Å². The molecule has 0 radical (unpaired) electrons. The summed E-state index contributed by atoms with van der Waals surface area (Å²) in [6.07, 6.45) is 0. The number of amides is 1. The number of aromatic nitrogens is 4. The number of carbonyl (C=O) groups excluding carboxylic acids is 1. The lowest BCUT2D eigenvalue weighted by molar-refractivity contribution is 0.0783. The number of nitrogens with one attached hydrogen (secondary N) is 1. The van der Waals surface area contributed by atoms with Crippen LogP contribution in [-0.2, 0) is 6.54 Å². The molecule has 0 fully saturated rings. The first-order valence-corrected chi connectivity index (χ1v) is 8.34.